The van der Waals surface area contributed by atoms with Crippen LogP contribution in [0.15, 0.2) is 30.5 Å². The van der Waals surface area contributed by atoms with Gasteiger partial charge in [0.25, 0.3) is 0 Å². The third-order valence-corrected chi connectivity index (χ3v) is 6.16. The molecule has 0 spiro atoms. The van der Waals surface area contributed by atoms with Crippen LogP contribution in [-0.4, -0.2) is 50.0 Å². The number of carbonyl (C=O) groups is 1. The molecule has 2 bridgehead atoms. The minimum atomic E-state index is -1.00. The Morgan fingerprint density at radius 2 is 2.10 bits per heavy atom. The second-order valence-electron chi connectivity index (χ2n) is 8.77. The summed E-state index contributed by atoms with van der Waals surface area (Å²) >= 11 is 0. The number of hydrogen-bond donors (Lipinski definition) is 2. The van der Waals surface area contributed by atoms with Crippen LogP contribution in [0, 0.1) is 17.7 Å². The molecule has 0 radical (unpaired) electrons. The lowest BCUT2D eigenvalue weighted by atomic mass is 9.75. The van der Waals surface area contributed by atoms with Gasteiger partial charge in [-0.25, -0.2) is 4.39 Å². The zero-order valence-electron chi connectivity index (χ0n) is 16.9. The van der Waals surface area contributed by atoms with Crippen LogP contribution >= 0.6 is 0 Å². The SMILES string of the molecule is CC(C)(O)c1cn(CC2CC3CCN2CC3C(=O)NCc2ccc(F)cc2)nn1. The van der Waals surface area contributed by atoms with Crippen LogP contribution in [0.25, 0.3) is 0 Å². The molecule has 3 fully saturated rings. The first-order valence-electron chi connectivity index (χ1n) is 10.2. The third kappa shape index (κ3) is 4.48. The van der Waals surface area contributed by atoms with Crippen molar-refractivity contribution in [3.8, 4) is 0 Å². The van der Waals surface area contributed by atoms with E-state index in [2.05, 4.69) is 20.5 Å². The second-order valence-corrected chi connectivity index (χ2v) is 8.77. The molecule has 7 nitrogen and oxygen atoms in total. The highest BCUT2D eigenvalue weighted by molar-refractivity contribution is 5.79. The van der Waals surface area contributed by atoms with Crippen LogP contribution in [0.2, 0.25) is 0 Å². The number of carbonyl (C=O) groups excluding carboxylic acids is 1. The standard InChI is InChI=1S/C21H28FN5O2/c1-21(2,29)19-13-27(25-24-19)11-17-9-15-7-8-26(17)12-18(15)20(28)23-10-14-3-5-16(22)6-4-14/h3-6,13,15,17-18,29H,7-12H2,1-2H3,(H,23,28). The van der Waals surface area contributed by atoms with E-state index in [0.717, 1.165) is 31.5 Å². The molecule has 4 heterocycles. The topological polar surface area (TPSA) is 83.3 Å². The fraction of sp³-hybridized carbons (Fsp3) is 0.571. The van der Waals surface area contributed by atoms with Crippen molar-refractivity contribution in [3.63, 3.8) is 0 Å². The lowest BCUT2D eigenvalue weighted by Crippen LogP contribution is -2.58. The van der Waals surface area contributed by atoms with Crippen LogP contribution < -0.4 is 5.32 Å². The number of nitrogens with one attached hydrogen (secondary N) is 1. The first-order chi connectivity index (χ1) is 13.8. The molecule has 0 saturated carbocycles. The van der Waals surface area contributed by atoms with Crippen molar-refractivity contribution in [2.45, 2.75) is 51.4 Å². The third-order valence-electron chi connectivity index (χ3n) is 6.16. The quantitative estimate of drug-likeness (QED) is 0.769. The summed E-state index contributed by atoms with van der Waals surface area (Å²) in [6.45, 7) is 6.26. The van der Waals surface area contributed by atoms with Gasteiger partial charge in [0.2, 0.25) is 5.91 Å². The summed E-state index contributed by atoms with van der Waals surface area (Å²) in [5, 5.41) is 21.3. The number of hydrogen-bond acceptors (Lipinski definition) is 5. The van der Waals surface area contributed by atoms with E-state index >= 15 is 0 Å². The maximum Gasteiger partial charge on any atom is 0.224 e. The van der Waals surface area contributed by atoms with Gasteiger partial charge in [-0.2, -0.15) is 0 Å². The summed E-state index contributed by atoms with van der Waals surface area (Å²) in [5.41, 5.74) is 0.455. The Bertz CT molecular complexity index is 861. The number of rotatable bonds is 6. The van der Waals surface area contributed by atoms with E-state index in [9.17, 15) is 14.3 Å². The largest absolute Gasteiger partial charge is 0.384 e. The summed E-state index contributed by atoms with van der Waals surface area (Å²) in [4.78, 5) is 15.1. The second kappa shape index (κ2) is 7.84. The first kappa shape index (κ1) is 20.0. The van der Waals surface area contributed by atoms with E-state index in [4.69, 9.17) is 0 Å². The average Bonchev–Trinajstić information content (AvgIpc) is 3.17. The monoisotopic (exact) mass is 401 g/mol. The number of nitrogens with zero attached hydrogens (tertiary/aromatic N) is 4. The molecule has 29 heavy (non-hydrogen) atoms. The number of amides is 1. The molecule has 1 aromatic carbocycles. The highest BCUT2D eigenvalue weighted by Crippen LogP contribution is 2.37. The molecule has 4 unspecified atom stereocenters. The van der Waals surface area contributed by atoms with Crippen molar-refractivity contribution < 1.29 is 14.3 Å². The number of fused-ring (bicyclic) bond motifs is 3. The fourth-order valence-corrected chi connectivity index (χ4v) is 4.43. The molecule has 1 aromatic heterocycles. The normalized spacial score (nSPS) is 26.5. The lowest BCUT2D eigenvalue weighted by molar-refractivity contribution is -0.133. The molecule has 1 amide bonds. The van der Waals surface area contributed by atoms with Crippen molar-refractivity contribution in [1.82, 2.24) is 25.2 Å². The molecule has 5 rings (SSSR count). The van der Waals surface area contributed by atoms with Crippen LogP contribution in [0.5, 0.6) is 0 Å². The van der Waals surface area contributed by atoms with Gasteiger partial charge in [0.15, 0.2) is 0 Å². The van der Waals surface area contributed by atoms with E-state index in [1.54, 1.807) is 36.9 Å². The highest BCUT2D eigenvalue weighted by Gasteiger charge is 2.43. The van der Waals surface area contributed by atoms with Gasteiger partial charge in [-0.1, -0.05) is 17.3 Å². The molecule has 4 atom stereocenters. The van der Waals surface area contributed by atoms with E-state index in [1.807, 2.05) is 0 Å². The van der Waals surface area contributed by atoms with Crippen LogP contribution in [0.3, 0.4) is 0 Å². The molecule has 0 aliphatic carbocycles. The number of aromatic nitrogens is 3. The summed E-state index contributed by atoms with van der Waals surface area (Å²) in [5.74, 6) is 0.150. The maximum atomic E-state index is 13.0. The maximum absolute atomic E-state index is 13.0. The molecule has 3 aliphatic rings. The smallest absolute Gasteiger partial charge is 0.224 e. The van der Waals surface area contributed by atoms with Gasteiger partial charge in [-0.05, 0) is 56.8 Å². The first-order valence-corrected chi connectivity index (χ1v) is 10.2. The van der Waals surface area contributed by atoms with E-state index in [-0.39, 0.29) is 17.6 Å². The molecule has 3 aliphatic heterocycles. The van der Waals surface area contributed by atoms with Gasteiger partial charge >= 0.3 is 0 Å². The van der Waals surface area contributed by atoms with Crippen molar-refractivity contribution in [2.75, 3.05) is 13.1 Å². The summed E-state index contributed by atoms with van der Waals surface area (Å²) in [7, 11) is 0. The number of halogens is 1. The van der Waals surface area contributed by atoms with E-state index in [0.29, 0.717) is 30.7 Å². The van der Waals surface area contributed by atoms with Crippen LogP contribution in [-0.2, 0) is 23.5 Å². The molecule has 2 aromatic rings. The lowest BCUT2D eigenvalue weighted by Gasteiger charge is -2.49. The Kier molecular flexibility index (Phi) is 5.40. The minimum Gasteiger partial charge on any atom is -0.384 e. The van der Waals surface area contributed by atoms with Gasteiger partial charge < -0.3 is 10.4 Å². The van der Waals surface area contributed by atoms with Crippen molar-refractivity contribution >= 4 is 5.91 Å². The number of benzene rings is 1. The van der Waals surface area contributed by atoms with Crippen LogP contribution in [0.1, 0.15) is 37.9 Å². The van der Waals surface area contributed by atoms with Gasteiger partial charge in [-0.3, -0.25) is 14.4 Å². The summed E-state index contributed by atoms with van der Waals surface area (Å²) in [6, 6.07) is 6.54. The zero-order chi connectivity index (χ0) is 20.6. The van der Waals surface area contributed by atoms with Gasteiger partial charge in [0.05, 0.1) is 18.7 Å². The van der Waals surface area contributed by atoms with Crippen LogP contribution in [0.4, 0.5) is 4.39 Å². The van der Waals surface area contributed by atoms with Crippen molar-refractivity contribution in [2.24, 2.45) is 11.8 Å². The predicted molar refractivity (Wildman–Crippen MR) is 105 cm³/mol. The van der Waals surface area contributed by atoms with Gasteiger partial charge in [-0.15, -0.1) is 5.10 Å². The average molecular weight is 401 g/mol. The molecular formula is C21H28FN5O2. The van der Waals surface area contributed by atoms with Gasteiger partial charge in [0, 0.05) is 19.1 Å². The van der Waals surface area contributed by atoms with Gasteiger partial charge in [0.1, 0.15) is 17.1 Å². The summed E-state index contributed by atoms with van der Waals surface area (Å²) in [6.07, 6.45) is 3.78. The van der Waals surface area contributed by atoms with E-state index < -0.39 is 5.60 Å². The molecule has 2 N–H and O–H groups in total. The Hall–Kier alpha value is -2.32. The number of aliphatic hydroxyl groups is 1. The molecule has 3 saturated heterocycles. The Morgan fingerprint density at radius 3 is 2.72 bits per heavy atom. The fourth-order valence-electron chi connectivity index (χ4n) is 4.43. The van der Waals surface area contributed by atoms with Crippen molar-refractivity contribution in [3.05, 3.63) is 47.5 Å². The van der Waals surface area contributed by atoms with Crippen molar-refractivity contribution in [1.29, 1.82) is 0 Å². The molecule has 8 heteroatoms. The molecular weight excluding hydrogens is 373 g/mol. The zero-order valence-corrected chi connectivity index (χ0v) is 16.9. The summed E-state index contributed by atoms with van der Waals surface area (Å²) < 4.78 is 14.8. The Balaban J connectivity index is 1.33. The van der Waals surface area contributed by atoms with E-state index in [1.165, 1.54) is 12.1 Å². The Morgan fingerprint density at radius 1 is 1.34 bits per heavy atom. The Labute approximate surface area is 169 Å². The number of piperidine rings is 3. The molecule has 156 valence electrons. The predicted octanol–water partition coefficient (Wildman–Crippen LogP) is 1.67. The minimum absolute atomic E-state index is 0.0110. The highest BCUT2D eigenvalue weighted by atomic mass is 19.1.